The van der Waals surface area contributed by atoms with Crippen LogP contribution in [0.15, 0.2) is 18.7 Å². The standard InChI is InChI=1S/C8H15N3O/c9-8(6-12)2-1-4-11-5-3-10-7-11/h3,5,7-8,12H,1-2,4,6,9H2. The minimum atomic E-state index is -0.0754. The van der Waals surface area contributed by atoms with E-state index < -0.39 is 0 Å². The number of nitrogens with zero attached hydrogens (tertiary/aromatic N) is 2. The predicted molar refractivity (Wildman–Crippen MR) is 46.5 cm³/mol. The number of rotatable bonds is 5. The first-order valence-electron chi connectivity index (χ1n) is 4.15. The van der Waals surface area contributed by atoms with Gasteiger partial charge in [-0.3, -0.25) is 0 Å². The maximum Gasteiger partial charge on any atom is 0.0945 e. The van der Waals surface area contributed by atoms with E-state index in [1.54, 1.807) is 12.5 Å². The zero-order valence-electron chi connectivity index (χ0n) is 7.06. The number of hydrogen-bond donors (Lipinski definition) is 2. The summed E-state index contributed by atoms with van der Waals surface area (Å²) in [5.74, 6) is 0. The van der Waals surface area contributed by atoms with Crippen LogP contribution in [0, 0.1) is 0 Å². The summed E-state index contributed by atoms with van der Waals surface area (Å²) in [6.45, 7) is 0.998. The van der Waals surface area contributed by atoms with Crippen LogP contribution in [0.2, 0.25) is 0 Å². The van der Waals surface area contributed by atoms with E-state index in [1.807, 2.05) is 10.8 Å². The van der Waals surface area contributed by atoms with Gasteiger partial charge >= 0.3 is 0 Å². The van der Waals surface area contributed by atoms with Crippen LogP contribution in [-0.4, -0.2) is 27.3 Å². The van der Waals surface area contributed by atoms with Crippen molar-refractivity contribution >= 4 is 0 Å². The molecule has 0 aliphatic heterocycles. The molecule has 12 heavy (non-hydrogen) atoms. The van der Waals surface area contributed by atoms with Gasteiger partial charge in [-0.2, -0.15) is 0 Å². The largest absolute Gasteiger partial charge is 0.395 e. The highest BCUT2D eigenvalue weighted by molar-refractivity contribution is 4.74. The van der Waals surface area contributed by atoms with E-state index >= 15 is 0 Å². The molecule has 1 unspecified atom stereocenters. The Morgan fingerprint density at radius 3 is 3.00 bits per heavy atom. The molecule has 0 aliphatic carbocycles. The minimum absolute atomic E-state index is 0.0733. The molecule has 1 rings (SSSR count). The summed E-state index contributed by atoms with van der Waals surface area (Å²) in [7, 11) is 0. The molecule has 1 atom stereocenters. The van der Waals surface area contributed by atoms with Gasteiger partial charge in [-0.25, -0.2) is 4.98 Å². The van der Waals surface area contributed by atoms with E-state index in [0.717, 1.165) is 19.4 Å². The highest BCUT2D eigenvalue weighted by Crippen LogP contribution is 1.97. The van der Waals surface area contributed by atoms with Crippen LogP contribution in [-0.2, 0) is 6.54 Å². The quantitative estimate of drug-likeness (QED) is 0.651. The molecule has 1 aromatic rings. The van der Waals surface area contributed by atoms with Crippen LogP contribution < -0.4 is 5.73 Å². The molecule has 3 N–H and O–H groups in total. The van der Waals surface area contributed by atoms with Crippen molar-refractivity contribution in [3.63, 3.8) is 0 Å². The predicted octanol–water partition coefficient (Wildman–Crippen LogP) is -0.0171. The SMILES string of the molecule is NC(CO)CCCn1ccnc1. The summed E-state index contributed by atoms with van der Waals surface area (Å²) in [6.07, 6.45) is 7.30. The van der Waals surface area contributed by atoms with Crippen LogP contribution in [0.25, 0.3) is 0 Å². The molecule has 0 bridgehead atoms. The lowest BCUT2D eigenvalue weighted by Crippen LogP contribution is -2.24. The van der Waals surface area contributed by atoms with Crippen molar-refractivity contribution in [2.75, 3.05) is 6.61 Å². The van der Waals surface area contributed by atoms with E-state index in [1.165, 1.54) is 0 Å². The van der Waals surface area contributed by atoms with Crippen molar-refractivity contribution in [1.29, 1.82) is 0 Å². The van der Waals surface area contributed by atoms with Crippen LogP contribution in [0.5, 0.6) is 0 Å². The molecule has 0 aromatic carbocycles. The Labute approximate surface area is 72.0 Å². The molecule has 0 radical (unpaired) electrons. The van der Waals surface area contributed by atoms with E-state index in [4.69, 9.17) is 10.8 Å². The molecule has 0 aliphatic rings. The molecular weight excluding hydrogens is 154 g/mol. The Balaban J connectivity index is 2.11. The lowest BCUT2D eigenvalue weighted by molar-refractivity contribution is 0.257. The fourth-order valence-electron chi connectivity index (χ4n) is 1.05. The van der Waals surface area contributed by atoms with Gasteiger partial charge in [-0.05, 0) is 12.8 Å². The fraction of sp³-hybridized carbons (Fsp3) is 0.625. The Morgan fingerprint density at radius 2 is 2.42 bits per heavy atom. The molecule has 0 saturated heterocycles. The summed E-state index contributed by atoms with van der Waals surface area (Å²) in [4.78, 5) is 3.92. The molecule has 0 spiro atoms. The van der Waals surface area contributed by atoms with E-state index in [2.05, 4.69) is 4.98 Å². The third kappa shape index (κ3) is 3.02. The van der Waals surface area contributed by atoms with Gasteiger partial charge in [0.2, 0.25) is 0 Å². The van der Waals surface area contributed by atoms with Crippen molar-refractivity contribution in [1.82, 2.24) is 9.55 Å². The van der Waals surface area contributed by atoms with Crippen LogP contribution in [0.3, 0.4) is 0 Å². The lowest BCUT2D eigenvalue weighted by Gasteiger charge is -2.07. The topological polar surface area (TPSA) is 64.1 Å². The summed E-state index contributed by atoms with van der Waals surface area (Å²) < 4.78 is 2.00. The second kappa shape index (κ2) is 4.90. The highest BCUT2D eigenvalue weighted by atomic mass is 16.3. The number of aliphatic hydroxyl groups is 1. The van der Waals surface area contributed by atoms with Crippen molar-refractivity contribution in [2.45, 2.75) is 25.4 Å². The number of aryl methyl sites for hydroxylation is 1. The van der Waals surface area contributed by atoms with Crippen LogP contribution in [0.4, 0.5) is 0 Å². The second-order valence-electron chi connectivity index (χ2n) is 2.89. The van der Waals surface area contributed by atoms with Gasteiger partial charge < -0.3 is 15.4 Å². The Bertz CT molecular complexity index is 198. The summed E-state index contributed by atoms with van der Waals surface area (Å²) >= 11 is 0. The van der Waals surface area contributed by atoms with Crippen molar-refractivity contribution in [2.24, 2.45) is 5.73 Å². The average molecular weight is 169 g/mol. The zero-order chi connectivity index (χ0) is 8.81. The third-order valence-electron chi connectivity index (χ3n) is 1.78. The number of aliphatic hydroxyl groups excluding tert-OH is 1. The van der Waals surface area contributed by atoms with Gasteiger partial charge in [-0.1, -0.05) is 0 Å². The first-order chi connectivity index (χ1) is 5.83. The van der Waals surface area contributed by atoms with Gasteiger partial charge in [0.1, 0.15) is 0 Å². The van der Waals surface area contributed by atoms with Crippen LogP contribution >= 0.6 is 0 Å². The molecule has 0 saturated carbocycles. The number of nitrogens with two attached hydrogens (primary N) is 1. The van der Waals surface area contributed by atoms with Crippen molar-refractivity contribution < 1.29 is 5.11 Å². The maximum absolute atomic E-state index is 8.65. The number of imidazole rings is 1. The van der Waals surface area contributed by atoms with Gasteiger partial charge in [0.25, 0.3) is 0 Å². The Kier molecular flexibility index (Phi) is 3.76. The van der Waals surface area contributed by atoms with Gasteiger partial charge in [0.05, 0.1) is 12.9 Å². The van der Waals surface area contributed by atoms with Crippen LogP contribution in [0.1, 0.15) is 12.8 Å². The second-order valence-corrected chi connectivity index (χ2v) is 2.89. The van der Waals surface area contributed by atoms with E-state index in [-0.39, 0.29) is 12.6 Å². The zero-order valence-corrected chi connectivity index (χ0v) is 7.06. The molecule has 68 valence electrons. The van der Waals surface area contributed by atoms with Gasteiger partial charge in [0, 0.05) is 25.0 Å². The summed E-state index contributed by atoms with van der Waals surface area (Å²) in [5.41, 5.74) is 5.54. The van der Waals surface area contributed by atoms with Gasteiger partial charge in [0.15, 0.2) is 0 Å². The van der Waals surface area contributed by atoms with Gasteiger partial charge in [-0.15, -0.1) is 0 Å². The maximum atomic E-state index is 8.65. The molecule has 1 aromatic heterocycles. The summed E-state index contributed by atoms with van der Waals surface area (Å²) in [6, 6.07) is -0.0754. The monoisotopic (exact) mass is 169 g/mol. The van der Waals surface area contributed by atoms with Crippen molar-refractivity contribution in [3.8, 4) is 0 Å². The lowest BCUT2D eigenvalue weighted by atomic mass is 10.2. The first-order valence-corrected chi connectivity index (χ1v) is 4.15. The Morgan fingerprint density at radius 1 is 1.58 bits per heavy atom. The van der Waals surface area contributed by atoms with E-state index in [9.17, 15) is 0 Å². The minimum Gasteiger partial charge on any atom is -0.395 e. The Hall–Kier alpha value is -0.870. The fourth-order valence-corrected chi connectivity index (χ4v) is 1.05. The smallest absolute Gasteiger partial charge is 0.0945 e. The number of aromatic nitrogens is 2. The molecule has 4 nitrogen and oxygen atoms in total. The molecule has 0 amide bonds. The molecule has 0 fully saturated rings. The highest BCUT2D eigenvalue weighted by Gasteiger charge is 1.99. The van der Waals surface area contributed by atoms with E-state index in [0.29, 0.717) is 0 Å². The average Bonchev–Trinajstić information content (AvgIpc) is 2.57. The summed E-state index contributed by atoms with van der Waals surface area (Å²) in [5, 5.41) is 8.65. The first kappa shape index (κ1) is 9.22. The molecule has 1 heterocycles. The molecular formula is C8H15N3O. The third-order valence-corrected chi connectivity index (χ3v) is 1.78. The number of hydrogen-bond acceptors (Lipinski definition) is 3. The molecule has 4 heteroatoms. The normalized spacial score (nSPS) is 13.2. The van der Waals surface area contributed by atoms with Crippen molar-refractivity contribution in [3.05, 3.63) is 18.7 Å².